The van der Waals surface area contributed by atoms with Gasteiger partial charge in [0.05, 0.1) is 0 Å². The molecule has 0 unspecified atom stereocenters. The van der Waals surface area contributed by atoms with Gasteiger partial charge in [-0.25, -0.2) is 0 Å². The van der Waals surface area contributed by atoms with Gasteiger partial charge in [-0.2, -0.15) is 0 Å². The Morgan fingerprint density at radius 2 is 1.56 bits per heavy atom. The molecule has 0 saturated heterocycles. The van der Waals surface area contributed by atoms with Crippen LogP contribution in [0.1, 0.15) is 12.5 Å². The highest BCUT2D eigenvalue weighted by Crippen LogP contribution is 2.28. The van der Waals surface area contributed by atoms with E-state index in [4.69, 9.17) is 18.9 Å². The molecule has 90 valence electrons. The molecule has 0 aliphatic carbocycles. The second kappa shape index (κ2) is 7.09. The first-order valence-electron chi connectivity index (χ1n) is 5.18. The minimum atomic E-state index is 0.203. The molecule has 4 heteroatoms. The number of aryl methyl sites for hydroxylation is 1. The van der Waals surface area contributed by atoms with Crippen LogP contribution in [-0.4, -0.2) is 27.8 Å². The van der Waals surface area contributed by atoms with Gasteiger partial charge in [-0.15, -0.1) is 0 Å². The molecule has 0 heterocycles. The van der Waals surface area contributed by atoms with Crippen LogP contribution in [0.25, 0.3) is 0 Å². The Labute approximate surface area is 96.1 Å². The molecule has 0 fully saturated rings. The Morgan fingerprint density at radius 3 is 2.12 bits per heavy atom. The van der Waals surface area contributed by atoms with Crippen molar-refractivity contribution < 1.29 is 18.9 Å². The van der Waals surface area contributed by atoms with E-state index in [-0.39, 0.29) is 13.6 Å². The van der Waals surface area contributed by atoms with E-state index >= 15 is 0 Å². The van der Waals surface area contributed by atoms with Crippen LogP contribution in [0.15, 0.2) is 18.2 Å². The van der Waals surface area contributed by atoms with Crippen LogP contribution >= 0.6 is 0 Å². The van der Waals surface area contributed by atoms with E-state index in [0.717, 1.165) is 6.42 Å². The van der Waals surface area contributed by atoms with Crippen molar-refractivity contribution >= 4 is 0 Å². The molecule has 0 atom stereocenters. The third kappa shape index (κ3) is 3.72. The summed E-state index contributed by atoms with van der Waals surface area (Å²) in [6.07, 6.45) is 0.952. The average Bonchev–Trinajstić information content (AvgIpc) is 2.34. The largest absolute Gasteiger partial charge is 0.464 e. The summed E-state index contributed by atoms with van der Waals surface area (Å²) in [5.74, 6) is 1.34. The molecule has 16 heavy (non-hydrogen) atoms. The first kappa shape index (κ1) is 12.8. The van der Waals surface area contributed by atoms with Gasteiger partial charge in [-0.1, -0.05) is 13.0 Å². The summed E-state index contributed by atoms with van der Waals surface area (Å²) in [6, 6.07) is 5.83. The second-order valence-electron chi connectivity index (χ2n) is 3.24. The summed E-state index contributed by atoms with van der Waals surface area (Å²) < 4.78 is 20.5. The van der Waals surface area contributed by atoms with Crippen molar-refractivity contribution in [2.24, 2.45) is 0 Å². The summed E-state index contributed by atoms with van der Waals surface area (Å²) in [4.78, 5) is 0. The van der Waals surface area contributed by atoms with Crippen molar-refractivity contribution in [2.45, 2.75) is 13.3 Å². The molecule has 0 aromatic heterocycles. The van der Waals surface area contributed by atoms with E-state index in [0.29, 0.717) is 11.5 Å². The van der Waals surface area contributed by atoms with Crippen LogP contribution in [0.5, 0.6) is 11.5 Å². The molecular weight excluding hydrogens is 208 g/mol. The van der Waals surface area contributed by atoms with Gasteiger partial charge in [0.1, 0.15) is 0 Å². The van der Waals surface area contributed by atoms with Gasteiger partial charge in [0, 0.05) is 14.2 Å². The van der Waals surface area contributed by atoms with Crippen molar-refractivity contribution in [2.75, 3.05) is 27.8 Å². The van der Waals surface area contributed by atoms with Crippen molar-refractivity contribution in [3.63, 3.8) is 0 Å². The lowest BCUT2D eigenvalue weighted by molar-refractivity contribution is 0.0322. The van der Waals surface area contributed by atoms with Crippen molar-refractivity contribution in [3.8, 4) is 11.5 Å². The van der Waals surface area contributed by atoms with Crippen LogP contribution in [-0.2, 0) is 15.9 Å². The third-order valence-corrected chi connectivity index (χ3v) is 2.08. The summed E-state index contributed by atoms with van der Waals surface area (Å²) >= 11 is 0. The standard InChI is InChI=1S/C12H18O4/c1-4-10-5-6-11(15-8-13-2)12(7-10)16-9-14-3/h5-7H,4,8-9H2,1-3H3. The highest BCUT2D eigenvalue weighted by molar-refractivity contribution is 5.42. The van der Waals surface area contributed by atoms with Crippen LogP contribution in [0.3, 0.4) is 0 Å². The van der Waals surface area contributed by atoms with Gasteiger partial charge >= 0.3 is 0 Å². The molecule has 1 aromatic carbocycles. The van der Waals surface area contributed by atoms with Crippen molar-refractivity contribution in [1.29, 1.82) is 0 Å². The Hall–Kier alpha value is -1.26. The van der Waals surface area contributed by atoms with Crippen LogP contribution in [0.2, 0.25) is 0 Å². The zero-order valence-corrected chi connectivity index (χ0v) is 9.99. The molecular formula is C12H18O4. The van der Waals surface area contributed by atoms with Crippen molar-refractivity contribution in [3.05, 3.63) is 23.8 Å². The predicted molar refractivity (Wildman–Crippen MR) is 60.8 cm³/mol. The number of hydrogen-bond donors (Lipinski definition) is 0. The lowest BCUT2D eigenvalue weighted by Gasteiger charge is -2.12. The quantitative estimate of drug-likeness (QED) is 0.668. The molecule has 0 radical (unpaired) electrons. The minimum absolute atomic E-state index is 0.203. The van der Waals surface area contributed by atoms with Gasteiger partial charge in [0.2, 0.25) is 0 Å². The topological polar surface area (TPSA) is 36.9 Å². The molecule has 0 aliphatic rings. The summed E-state index contributed by atoms with van der Waals surface area (Å²) in [5, 5.41) is 0. The first-order valence-corrected chi connectivity index (χ1v) is 5.18. The SMILES string of the molecule is CCc1ccc(OCOC)c(OCOC)c1. The maximum Gasteiger partial charge on any atom is 0.188 e. The number of benzene rings is 1. The fourth-order valence-electron chi connectivity index (χ4n) is 1.25. The normalized spacial score (nSPS) is 10.2. The van der Waals surface area contributed by atoms with Gasteiger partial charge in [0.15, 0.2) is 25.1 Å². The molecule has 0 N–H and O–H groups in total. The number of hydrogen-bond acceptors (Lipinski definition) is 4. The molecule has 1 aromatic rings. The molecule has 4 nitrogen and oxygen atoms in total. The highest BCUT2D eigenvalue weighted by atomic mass is 16.7. The van der Waals surface area contributed by atoms with E-state index < -0.39 is 0 Å². The van der Waals surface area contributed by atoms with Gasteiger partial charge in [0.25, 0.3) is 0 Å². The molecule has 1 rings (SSSR count). The minimum Gasteiger partial charge on any atom is -0.464 e. The fraction of sp³-hybridized carbons (Fsp3) is 0.500. The first-order chi connectivity index (χ1) is 7.81. The van der Waals surface area contributed by atoms with Crippen LogP contribution in [0.4, 0.5) is 0 Å². The van der Waals surface area contributed by atoms with E-state index in [9.17, 15) is 0 Å². The number of methoxy groups -OCH3 is 2. The molecule has 0 bridgehead atoms. The third-order valence-electron chi connectivity index (χ3n) is 2.08. The maximum absolute atomic E-state index is 5.42. The Morgan fingerprint density at radius 1 is 0.938 bits per heavy atom. The number of ether oxygens (including phenoxy) is 4. The summed E-state index contributed by atoms with van der Waals surface area (Å²) in [6.45, 7) is 2.50. The Balaban J connectivity index is 2.78. The summed E-state index contributed by atoms with van der Waals surface area (Å²) in [7, 11) is 3.16. The predicted octanol–water partition coefficient (Wildman–Crippen LogP) is 2.21. The monoisotopic (exact) mass is 226 g/mol. The Kier molecular flexibility index (Phi) is 5.67. The van der Waals surface area contributed by atoms with Gasteiger partial charge in [-0.3, -0.25) is 0 Å². The van der Waals surface area contributed by atoms with E-state index in [1.165, 1.54) is 5.56 Å². The van der Waals surface area contributed by atoms with Crippen molar-refractivity contribution in [1.82, 2.24) is 0 Å². The molecule has 0 saturated carbocycles. The average molecular weight is 226 g/mol. The highest BCUT2D eigenvalue weighted by Gasteiger charge is 2.06. The molecule has 0 aliphatic heterocycles. The van der Waals surface area contributed by atoms with Crippen LogP contribution in [0, 0.1) is 0 Å². The number of rotatable bonds is 7. The maximum atomic E-state index is 5.42. The fourth-order valence-corrected chi connectivity index (χ4v) is 1.25. The lowest BCUT2D eigenvalue weighted by atomic mass is 10.1. The van der Waals surface area contributed by atoms with E-state index in [1.807, 2.05) is 18.2 Å². The Bertz CT molecular complexity index is 312. The molecule has 0 spiro atoms. The molecule has 0 amide bonds. The smallest absolute Gasteiger partial charge is 0.188 e. The summed E-state index contributed by atoms with van der Waals surface area (Å²) in [5.41, 5.74) is 1.19. The van der Waals surface area contributed by atoms with E-state index in [1.54, 1.807) is 14.2 Å². The van der Waals surface area contributed by atoms with Crippen LogP contribution < -0.4 is 9.47 Å². The zero-order chi connectivity index (χ0) is 11.8. The van der Waals surface area contributed by atoms with E-state index in [2.05, 4.69) is 6.92 Å². The van der Waals surface area contributed by atoms with Gasteiger partial charge in [-0.05, 0) is 24.1 Å². The zero-order valence-electron chi connectivity index (χ0n) is 9.99. The van der Waals surface area contributed by atoms with Gasteiger partial charge < -0.3 is 18.9 Å². The second-order valence-corrected chi connectivity index (χ2v) is 3.24. The lowest BCUT2D eigenvalue weighted by Crippen LogP contribution is -2.04.